The maximum Gasteiger partial charge on any atom is 0.455 e. The van der Waals surface area contributed by atoms with Crippen molar-refractivity contribution in [2.24, 2.45) is 0 Å². The molecule has 0 fully saturated rings. The first-order chi connectivity index (χ1) is 6.65. The van der Waals surface area contributed by atoms with E-state index < -0.39 is 27.1 Å². The van der Waals surface area contributed by atoms with Gasteiger partial charge >= 0.3 is 27.1 Å². The van der Waals surface area contributed by atoms with E-state index in [2.05, 4.69) is 15.6 Å². The summed E-state index contributed by atoms with van der Waals surface area (Å²) in [5, 5.41) is 0. The normalized spacial score (nSPS) is 18.4. The van der Waals surface area contributed by atoms with Crippen molar-refractivity contribution in [3.63, 3.8) is 0 Å². The maximum atomic E-state index is 12.6. The second-order valence-corrected chi connectivity index (χ2v) is 2.91. The zero-order valence-corrected chi connectivity index (χ0v) is 7.73. The number of rotatable bonds is 5. The van der Waals surface area contributed by atoms with E-state index in [1.807, 2.05) is 0 Å². The van der Waals surface area contributed by atoms with Gasteiger partial charge in [-0.25, -0.2) is 8.78 Å². The Morgan fingerprint density at radius 2 is 1.73 bits per heavy atom. The first kappa shape index (κ1) is 14.5. The molecular weight excluding hydrogens is 253 g/mol. The van der Waals surface area contributed by atoms with Gasteiger partial charge in [0.15, 0.2) is 0 Å². The first-order valence-electron chi connectivity index (χ1n) is 3.14. The van der Waals surface area contributed by atoms with Crippen molar-refractivity contribution in [2.75, 3.05) is 0 Å². The summed E-state index contributed by atoms with van der Waals surface area (Å²) >= 11 is 0. The molecule has 0 aliphatic carbocycles. The fraction of sp³-hybridized carbons (Fsp3) is 0.600. The van der Waals surface area contributed by atoms with Gasteiger partial charge < -0.3 is 9.42 Å². The van der Waals surface area contributed by atoms with Gasteiger partial charge in [0.2, 0.25) is 0 Å². The Kier molecular flexibility index (Phi) is 4.82. The summed E-state index contributed by atoms with van der Waals surface area (Å²) in [7, 11) is -3.46. The van der Waals surface area contributed by atoms with E-state index >= 15 is 0 Å². The van der Waals surface area contributed by atoms with Crippen molar-refractivity contribution in [3.05, 3.63) is 12.8 Å². The molecular formula is C5H5F6O3P. The topological polar surface area (TPSA) is 38.7 Å². The molecule has 0 aliphatic heterocycles. The minimum Gasteiger partial charge on any atom is -0.435 e. The summed E-state index contributed by atoms with van der Waals surface area (Å²) in [6, 6.07) is 0. The lowest BCUT2D eigenvalue weighted by atomic mass is 10.3. The summed E-state index contributed by atoms with van der Waals surface area (Å²) in [5.41, 5.74) is 0. The lowest BCUT2D eigenvalue weighted by Gasteiger charge is -2.27. The average Bonchev–Trinajstić information content (AvgIpc) is 2.01. The fourth-order valence-corrected chi connectivity index (χ4v) is 0.995. The summed E-state index contributed by atoms with van der Waals surface area (Å²) in [6.45, 7) is 2.80. The van der Waals surface area contributed by atoms with Crippen LogP contribution in [0.25, 0.3) is 0 Å². The molecule has 0 saturated heterocycles. The highest BCUT2D eigenvalue weighted by Crippen LogP contribution is 2.49. The minimum atomic E-state index is -5.99. The van der Waals surface area contributed by atoms with Crippen LogP contribution in [0.5, 0.6) is 0 Å². The van der Waals surface area contributed by atoms with Crippen LogP contribution in [-0.4, -0.2) is 23.3 Å². The van der Waals surface area contributed by atoms with E-state index in [4.69, 9.17) is 4.89 Å². The highest BCUT2D eigenvalue weighted by atomic mass is 31.2. The summed E-state index contributed by atoms with van der Waals surface area (Å²) in [4.78, 5) is 8.47. The van der Waals surface area contributed by atoms with Gasteiger partial charge in [-0.1, -0.05) is 6.58 Å². The van der Waals surface area contributed by atoms with E-state index in [9.17, 15) is 26.3 Å². The van der Waals surface area contributed by atoms with Gasteiger partial charge in [0, 0.05) is 0 Å². The van der Waals surface area contributed by atoms with E-state index in [1.54, 1.807) is 0 Å². The van der Waals surface area contributed by atoms with Crippen LogP contribution in [0.4, 0.5) is 26.3 Å². The smallest absolute Gasteiger partial charge is 0.435 e. The van der Waals surface area contributed by atoms with Gasteiger partial charge in [0.05, 0.1) is 6.26 Å². The van der Waals surface area contributed by atoms with Crippen LogP contribution >= 0.6 is 8.60 Å². The molecule has 2 atom stereocenters. The molecule has 0 heterocycles. The standard InChI is InChI=1S/C5H5F6O3P/c1-2-13-15(12)14-4(8,3(6)7)5(9,10)11/h2-3,12H,1H2. The Labute approximate surface area is 81.3 Å². The molecule has 15 heavy (non-hydrogen) atoms. The molecule has 0 spiro atoms. The molecule has 0 radical (unpaired) electrons. The number of hydrogen-bond donors (Lipinski definition) is 1. The second kappa shape index (κ2) is 5.00. The van der Waals surface area contributed by atoms with Crippen LogP contribution < -0.4 is 0 Å². The third-order valence-electron chi connectivity index (χ3n) is 1.04. The van der Waals surface area contributed by atoms with Crippen molar-refractivity contribution < 1.29 is 40.3 Å². The van der Waals surface area contributed by atoms with Crippen molar-refractivity contribution in [1.82, 2.24) is 0 Å². The third-order valence-corrected chi connectivity index (χ3v) is 1.79. The molecule has 3 nitrogen and oxygen atoms in total. The third kappa shape index (κ3) is 3.51. The largest absolute Gasteiger partial charge is 0.455 e. The van der Waals surface area contributed by atoms with Crippen LogP contribution in [0.1, 0.15) is 0 Å². The van der Waals surface area contributed by atoms with E-state index in [0.717, 1.165) is 0 Å². The molecule has 1 N–H and O–H groups in total. The van der Waals surface area contributed by atoms with Crippen LogP contribution in [0.2, 0.25) is 0 Å². The van der Waals surface area contributed by atoms with Crippen molar-refractivity contribution in [1.29, 1.82) is 0 Å². The Morgan fingerprint density at radius 1 is 1.27 bits per heavy atom. The molecule has 0 aromatic carbocycles. The van der Waals surface area contributed by atoms with Gasteiger partial charge in [-0.05, 0) is 0 Å². The lowest BCUT2D eigenvalue weighted by Crippen LogP contribution is -2.48. The molecule has 2 unspecified atom stereocenters. The Hall–Kier alpha value is -0.530. The monoisotopic (exact) mass is 258 g/mol. The first-order valence-corrected chi connectivity index (χ1v) is 4.27. The molecule has 0 amide bonds. The van der Waals surface area contributed by atoms with Gasteiger partial charge in [-0.2, -0.15) is 17.6 Å². The number of halogens is 6. The maximum absolute atomic E-state index is 12.6. The molecule has 0 aromatic rings. The summed E-state index contributed by atoms with van der Waals surface area (Å²) in [5.74, 6) is -5.27. The lowest BCUT2D eigenvalue weighted by molar-refractivity contribution is -0.342. The average molecular weight is 258 g/mol. The van der Waals surface area contributed by atoms with Crippen molar-refractivity contribution >= 4 is 8.60 Å². The molecule has 0 aromatic heterocycles. The van der Waals surface area contributed by atoms with Crippen molar-refractivity contribution in [3.8, 4) is 0 Å². The SMILES string of the molecule is C=COP(O)OC(F)(C(F)F)C(F)(F)F. The highest BCUT2D eigenvalue weighted by Gasteiger charge is 2.66. The molecule has 0 aliphatic rings. The quantitative estimate of drug-likeness (QED) is 0.468. The predicted molar refractivity (Wildman–Crippen MR) is 37.4 cm³/mol. The highest BCUT2D eigenvalue weighted by molar-refractivity contribution is 7.40. The second-order valence-electron chi connectivity index (χ2n) is 2.04. The Balaban J connectivity index is 4.74. The van der Waals surface area contributed by atoms with Gasteiger partial charge in [-0.15, -0.1) is 0 Å². The summed E-state index contributed by atoms with van der Waals surface area (Å²) < 4.78 is 78.4. The number of alkyl halides is 6. The van der Waals surface area contributed by atoms with E-state index in [-0.39, 0.29) is 0 Å². The molecule has 0 saturated carbocycles. The van der Waals surface area contributed by atoms with Crippen LogP contribution in [-0.2, 0) is 9.05 Å². The minimum absolute atomic E-state index is 0.425. The van der Waals surface area contributed by atoms with Crippen LogP contribution in [0.3, 0.4) is 0 Å². The molecule has 90 valence electrons. The van der Waals surface area contributed by atoms with Gasteiger partial charge in [0.1, 0.15) is 0 Å². The van der Waals surface area contributed by atoms with E-state index in [1.165, 1.54) is 0 Å². The zero-order chi connectivity index (χ0) is 12.3. The fourth-order valence-electron chi connectivity index (χ4n) is 0.414. The van der Waals surface area contributed by atoms with Crippen LogP contribution in [0.15, 0.2) is 12.8 Å². The van der Waals surface area contributed by atoms with Gasteiger partial charge in [-0.3, -0.25) is 4.52 Å². The number of hydrogen-bond acceptors (Lipinski definition) is 3. The Bertz CT molecular complexity index is 221. The van der Waals surface area contributed by atoms with Crippen LogP contribution in [0, 0.1) is 0 Å². The molecule has 0 bridgehead atoms. The Morgan fingerprint density at radius 3 is 2.00 bits per heavy atom. The zero-order valence-electron chi connectivity index (χ0n) is 6.84. The predicted octanol–water partition coefficient (Wildman–Crippen LogP) is 2.88. The molecule has 0 rings (SSSR count). The van der Waals surface area contributed by atoms with Gasteiger partial charge in [0.25, 0.3) is 0 Å². The van der Waals surface area contributed by atoms with Crippen molar-refractivity contribution in [2.45, 2.75) is 18.5 Å². The molecule has 10 heteroatoms. The summed E-state index contributed by atoms with van der Waals surface area (Å²) in [6.07, 6.45) is -10.1. The van der Waals surface area contributed by atoms with E-state index in [0.29, 0.717) is 6.26 Å².